The zero-order valence-electron chi connectivity index (χ0n) is 18.1. The van der Waals surface area contributed by atoms with Gasteiger partial charge in [-0.05, 0) is 50.6 Å². The average Bonchev–Trinajstić information content (AvgIpc) is 2.71. The van der Waals surface area contributed by atoms with Gasteiger partial charge in [0, 0.05) is 12.2 Å². The molecular formula is C23H29N3O5. The van der Waals surface area contributed by atoms with Crippen LogP contribution in [-0.2, 0) is 20.9 Å². The monoisotopic (exact) mass is 427 g/mol. The van der Waals surface area contributed by atoms with E-state index >= 15 is 0 Å². The number of hydrogen-bond acceptors (Lipinski definition) is 5. The number of carbonyl (C=O) groups excluding carboxylic acids is 3. The quantitative estimate of drug-likeness (QED) is 0.570. The maximum atomic E-state index is 12.0. The maximum Gasteiger partial charge on any atom is 0.408 e. The van der Waals surface area contributed by atoms with Crippen LogP contribution in [0.3, 0.4) is 0 Å². The Morgan fingerprint density at radius 3 is 2.35 bits per heavy atom. The van der Waals surface area contributed by atoms with Crippen molar-refractivity contribution >= 4 is 23.6 Å². The molecule has 0 aromatic heterocycles. The fraction of sp³-hybridized carbons (Fsp3) is 0.348. The third-order valence-corrected chi connectivity index (χ3v) is 3.83. The molecule has 166 valence electrons. The second-order valence-electron chi connectivity index (χ2n) is 7.79. The van der Waals surface area contributed by atoms with Crippen molar-refractivity contribution in [3.05, 3.63) is 60.2 Å². The summed E-state index contributed by atoms with van der Waals surface area (Å²) in [7, 11) is 0. The summed E-state index contributed by atoms with van der Waals surface area (Å²) < 4.78 is 10.6. The molecule has 0 fully saturated rings. The van der Waals surface area contributed by atoms with Gasteiger partial charge in [0.05, 0.1) is 13.0 Å². The summed E-state index contributed by atoms with van der Waals surface area (Å²) in [6.45, 7) is 5.63. The molecular weight excluding hydrogens is 398 g/mol. The third-order valence-electron chi connectivity index (χ3n) is 3.83. The number of para-hydroxylation sites is 1. The van der Waals surface area contributed by atoms with E-state index in [-0.39, 0.29) is 31.4 Å². The molecule has 2 aromatic rings. The first kappa shape index (κ1) is 23.7. The van der Waals surface area contributed by atoms with Crippen LogP contribution in [0.4, 0.5) is 10.5 Å². The predicted octanol–water partition coefficient (Wildman–Crippen LogP) is 3.24. The van der Waals surface area contributed by atoms with E-state index in [1.807, 2.05) is 36.4 Å². The molecule has 0 heterocycles. The lowest BCUT2D eigenvalue weighted by atomic mass is 10.2. The number of rotatable bonds is 9. The van der Waals surface area contributed by atoms with Gasteiger partial charge in [0.1, 0.15) is 17.9 Å². The minimum absolute atomic E-state index is 0.132. The molecule has 0 aliphatic heterocycles. The normalized spacial score (nSPS) is 10.7. The van der Waals surface area contributed by atoms with Crippen LogP contribution in [0.2, 0.25) is 0 Å². The Balaban J connectivity index is 1.71. The van der Waals surface area contributed by atoms with E-state index in [0.717, 1.165) is 11.3 Å². The highest BCUT2D eigenvalue weighted by Crippen LogP contribution is 2.11. The Morgan fingerprint density at radius 1 is 0.903 bits per heavy atom. The zero-order valence-corrected chi connectivity index (χ0v) is 18.1. The van der Waals surface area contributed by atoms with Crippen LogP contribution in [0.25, 0.3) is 0 Å². The van der Waals surface area contributed by atoms with E-state index in [2.05, 4.69) is 16.0 Å². The Kier molecular flexibility index (Phi) is 8.87. The molecule has 0 atom stereocenters. The molecule has 0 bridgehead atoms. The molecule has 0 saturated carbocycles. The summed E-state index contributed by atoms with van der Waals surface area (Å²) in [5.41, 5.74) is 0.762. The first-order valence-corrected chi connectivity index (χ1v) is 10.0. The average molecular weight is 428 g/mol. The molecule has 8 heteroatoms. The van der Waals surface area contributed by atoms with Gasteiger partial charge in [0.2, 0.25) is 11.8 Å². The lowest BCUT2D eigenvalue weighted by Crippen LogP contribution is -2.37. The van der Waals surface area contributed by atoms with Crippen LogP contribution >= 0.6 is 0 Å². The zero-order chi connectivity index (χ0) is 22.7. The highest BCUT2D eigenvalue weighted by atomic mass is 16.6. The Bertz CT molecular complexity index is 878. The minimum Gasteiger partial charge on any atom is -0.493 e. The van der Waals surface area contributed by atoms with E-state index in [0.29, 0.717) is 12.2 Å². The highest BCUT2D eigenvalue weighted by Gasteiger charge is 2.16. The van der Waals surface area contributed by atoms with Gasteiger partial charge < -0.3 is 25.4 Å². The topological polar surface area (TPSA) is 106 Å². The van der Waals surface area contributed by atoms with Crippen molar-refractivity contribution < 1.29 is 23.9 Å². The highest BCUT2D eigenvalue weighted by molar-refractivity contribution is 5.93. The van der Waals surface area contributed by atoms with E-state index in [9.17, 15) is 14.4 Å². The van der Waals surface area contributed by atoms with E-state index in [4.69, 9.17) is 9.47 Å². The number of anilines is 1. The molecule has 0 spiro atoms. The maximum absolute atomic E-state index is 12.0. The van der Waals surface area contributed by atoms with Gasteiger partial charge in [-0.1, -0.05) is 30.3 Å². The van der Waals surface area contributed by atoms with Crippen molar-refractivity contribution in [1.82, 2.24) is 10.6 Å². The second kappa shape index (κ2) is 11.6. The van der Waals surface area contributed by atoms with Gasteiger partial charge in [-0.15, -0.1) is 0 Å². The van der Waals surface area contributed by atoms with E-state index in [1.54, 1.807) is 39.0 Å². The van der Waals surface area contributed by atoms with Gasteiger partial charge in [-0.25, -0.2) is 4.79 Å². The molecule has 2 aromatic carbocycles. The molecule has 0 aliphatic rings. The number of alkyl carbamates (subject to hydrolysis) is 1. The van der Waals surface area contributed by atoms with Gasteiger partial charge in [0.15, 0.2) is 0 Å². The van der Waals surface area contributed by atoms with Crippen LogP contribution in [0.5, 0.6) is 5.75 Å². The number of carbonyl (C=O) groups is 3. The fourth-order valence-electron chi connectivity index (χ4n) is 2.50. The molecule has 3 N–H and O–H groups in total. The summed E-state index contributed by atoms with van der Waals surface area (Å²) in [5, 5.41) is 7.92. The lowest BCUT2D eigenvalue weighted by Gasteiger charge is -2.19. The molecule has 3 amide bonds. The van der Waals surface area contributed by atoms with Crippen LogP contribution in [0.1, 0.15) is 32.8 Å². The van der Waals surface area contributed by atoms with Crippen molar-refractivity contribution in [3.63, 3.8) is 0 Å². The molecule has 31 heavy (non-hydrogen) atoms. The van der Waals surface area contributed by atoms with Crippen LogP contribution in [0.15, 0.2) is 54.6 Å². The molecule has 8 nitrogen and oxygen atoms in total. The number of benzene rings is 2. The van der Waals surface area contributed by atoms with Crippen molar-refractivity contribution in [2.24, 2.45) is 0 Å². The fourth-order valence-corrected chi connectivity index (χ4v) is 2.50. The molecule has 0 unspecified atom stereocenters. The first-order valence-electron chi connectivity index (χ1n) is 10.0. The smallest absolute Gasteiger partial charge is 0.408 e. The lowest BCUT2D eigenvalue weighted by molar-refractivity contribution is -0.121. The van der Waals surface area contributed by atoms with Crippen LogP contribution in [-0.4, -0.2) is 36.7 Å². The summed E-state index contributed by atoms with van der Waals surface area (Å²) in [6.07, 6.45) is -0.419. The summed E-state index contributed by atoms with van der Waals surface area (Å²) in [5.74, 6) is 0.205. The van der Waals surface area contributed by atoms with Crippen molar-refractivity contribution in [2.45, 2.75) is 39.3 Å². The Hall–Kier alpha value is -3.55. The van der Waals surface area contributed by atoms with Gasteiger partial charge in [0.25, 0.3) is 0 Å². The number of hydrogen-bond donors (Lipinski definition) is 3. The summed E-state index contributed by atoms with van der Waals surface area (Å²) >= 11 is 0. The number of amides is 3. The predicted molar refractivity (Wildman–Crippen MR) is 118 cm³/mol. The SMILES string of the molecule is CC(C)(C)OC(=O)NCC(=O)Nc1cccc(CNC(=O)CCOc2ccccc2)c1. The first-order chi connectivity index (χ1) is 14.7. The van der Waals surface area contributed by atoms with Crippen LogP contribution < -0.4 is 20.7 Å². The molecule has 0 radical (unpaired) electrons. The molecule has 2 rings (SSSR count). The number of nitrogens with one attached hydrogen (secondary N) is 3. The summed E-state index contributed by atoms with van der Waals surface area (Å²) in [6, 6.07) is 16.4. The summed E-state index contributed by atoms with van der Waals surface area (Å²) in [4.78, 5) is 35.6. The van der Waals surface area contributed by atoms with E-state index < -0.39 is 11.7 Å². The van der Waals surface area contributed by atoms with Crippen molar-refractivity contribution in [2.75, 3.05) is 18.5 Å². The molecule has 0 aliphatic carbocycles. The second-order valence-corrected chi connectivity index (χ2v) is 7.79. The van der Waals surface area contributed by atoms with Gasteiger partial charge >= 0.3 is 6.09 Å². The van der Waals surface area contributed by atoms with Crippen molar-refractivity contribution in [1.29, 1.82) is 0 Å². The number of ether oxygens (including phenoxy) is 2. The standard InChI is InChI=1S/C23H29N3O5/c1-23(2,3)31-22(29)25-16-21(28)26-18-9-7-8-17(14-18)15-24-20(27)12-13-30-19-10-5-4-6-11-19/h4-11,14H,12-13,15-16H2,1-3H3,(H,24,27)(H,25,29)(H,26,28). The third kappa shape index (κ3) is 10.2. The van der Waals surface area contributed by atoms with E-state index in [1.165, 1.54) is 0 Å². The van der Waals surface area contributed by atoms with Gasteiger partial charge in [-0.2, -0.15) is 0 Å². The van der Waals surface area contributed by atoms with Crippen LogP contribution in [0, 0.1) is 0 Å². The largest absolute Gasteiger partial charge is 0.493 e. The van der Waals surface area contributed by atoms with Crippen molar-refractivity contribution in [3.8, 4) is 5.75 Å². The van der Waals surface area contributed by atoms with Gasteiger partial charge in [-0.3, -0.25) is 9.59 Å². The molecule has 0 saturated heterocycles. The Labute approximate surface area is 182 Å². The Morgan fingerprint density at radius 2 is 1.65 bits per heavy atom. The minimum atomic E-state index is -0.657.